The van der Waals surface area contributed by atoms with Gasteiger partial charge < -0.3 is 0 Å². The number of nitrogens with zero attached hydrogens (tertiary/aromatic N) is 5. The lowest BCUT2D eigenvalue weighted by Crippen LogP contribution is -1.98. The molecule has 3 aromatic heterocycles. The molecule has 5 heteroatoms. The minimum atomic E-state index is 0.820. The van der Waals surface area contributed by atoms with Gasteiger partial charge in [0, 0.05) is 19.7 Å². The van der Waals surface area contributed by atoms with Gasteiger partial charge in [0.05, 0.1) is 11.4 Å². The molecule has 0 fully saturated rings. The van der Waals surface area contributed by atoms with Gasteiger partial charge in [-0.3, -0.25) is 9.08 Å². The summed E-state index contributed by atoms with van der Waals surface area (Å²) in [5, 5.41) is 4.48. The summed E-state index contributed by atoms with van der Waals surface area (Å²) < 4.78 is 3.92. The normalized spacial score (nSPS) is 11.6. The van der Waals surface area contributed by atoms with Crippen LogP contribution in [0.25, 0.3) is 16.7 Å². The summed E-state index contributed by atoms with van der Waals surface area (Å²) in [6.07, 6.45) is 2.90. The Morgan fingerprint density at radius 1 is 1.05 bits per heavy atom. The number of hydrogen-bond donors (Lipinski definition) is 0. The highest BCUT2D eigenvalue weighted by atomic mass is 15.3. The molecule has 4 aromatic rings. The summed E-state index contributed by atoms with van der Waals surface area (Å²) >= 11 is 0. The van der Waals surface area contributed by atoms with Gasteiger partial charge in [-0.15, -0.1) is 0 Å². The van der Waals surface area contributed by atoms with Crippen molar-refractivity contribution in [2.45, 2.75) is 20.3 Å². The van der Waals surface area contributed by atoms with Crippen LogP contribution in [0.1, 0.15) is 22.8 Å². The van der Waals surface area contributed by atoms with Gasteiger partial charge >= 0.3 is 0 Å². The van der Waals surface area contributed by atoms with E-state index >= 15 is 0 Å². The summed E-state index contributed by atoms with van der Waals surface area (Å²) in [4.78, 5) is 9.52. The van der Waals surface area contributed by atoms with Gasteiger partial charge in [-0.2, -0.15) is 5.10 Å². The highest BCUT2D eigenvalue weighted by Crippen LogP contribution is 2.22. The van der Waals surface area contributed by atoms with E-state index in [-0.39, 0.29) is 0 Å². The van der Waals surface area contributed by atoms with Crippen LogP contribution in [0.5, 0.6) is 0 Å². The van der Waals surface area contributed by atoms with Crippen LogP contribution in [-0.2, 0) is 13.5 Å². The lowest BCUT2D eigenvalue weighted by atomic mass is 10.1. The van der Waals surface area contributed by atoms with Crippen LogP contribution in [0.4, 0.5) is 0 Å². The largest absolute Gasteiger partial charge is 0.286 e. The van der Waals surface area contributed by atoms with E-state index in [2.05, 4.69) is 44.9 Å². The van der Waals surface area contributed by atoms with Crippen molar-refractivity contribution in [3.8, 4) is 0 Å². The first kappa shape index (κ1) is 13.0. The van der Waals surface area contributed by atoms with Crippen molar-refractivity contribution in [2.24, 2.45) is 7.05 Å². The Balaban J connectivity index is 1.93. The maximum absolute atomic E-state index is 4.83. The predicted octanol–water partition coefficient (Wildman–Crippen LogP) is 2.82. The Morgan fingerprint density at radius 3 is 2.59 bits per heavy atom. The molecular weight excluding hydrogens is 274 g/mol. The molecule has 0 aliphatic heterocycles. The maximum atomic E-state index is 4.83. The fourth-order valence-electron chi connectivity index (χ4n) is 2.98. The van der Waals surface area contributed by atoms with Gasteiger partial charge in [-0.1, -0.05) is 30.3 Å². The van der Waals surface area contributed by atoms with E-state index in [1.807, 2.05) is 31.6 Å². The first-order chi connectivity index (χ1) is 10.6. The quantitative estimate of drug-likeness (QED) is 0.570. The van der Waals surface area contributed by atoms with E-state index in [1.165, 1.54) is 5.56 Å². The zero-order chi connectivity index (χ0) is 15.3. The first-order valence-electron chi connectivity index (χ1n) is 7.35. The molecule has 0 unspecified atom stereocenters. The summed E-state index contributed by atoms with van der Waals surface area (Å²) in [5.41, 5.74) is 6.09. The molecule has 22 heavy (non-hydrogen) atoms. The number of imidazole rings is 1. The smallest absolute Gasteiger partial charge is 0.166 e. The molecule has 0 saturated carbocycles. The van der Waals surface area contributed by atoms with Gasteiger partial charge in [0.2, 0.25) is 0 Å². The molecule has 0 amide bonds. The van der Waals surface area contributed by atoms with Crippen molar-refractivity contribution in [3.63, 3.8) is 0 Å². The highest BCUT2D eigenvalue weighted by molar-refractivity contribution is 5.89. The molecule has 0 atom stereocenters. The zero-order valence-corrected chi connectivity index (χ0v) is 12.9. The second-order valence-corrected chi connectivity index (χ2v) is 5.65. The molecule has 0 saturated heterocycles. The first-order valence-corrected chi connectivity index (χ1v) is 7.35. The Kier molecular flexibility index (Phi) is 2.76. The van der Waals surface area contributed by atoms with E-state index in [4.69, 9.17) is 4.98 Å². The fourth-order valence-corrected chi connectivity index (χ4v) is 2.98. The summed E-state index contributed by atoms with van der Waals surface area (Å²) in [5.74, 6) is 0.936. The van der Waals surface area contributed by atoms with Crippen LogP contribution >= 0.6 is 0 Å². The van der Waals surface area contributed by atoms with E-state index < -0.39 is 0 Å². The molecule has 0 bridgehead atoms. The van der Waals surface area contributed by atoms with Crippen molar-refractivity contribution in [2.75, 3.05) is 0 Å². The van der Waals surface area contributed by atoms with Crippen molar-refractivity contribution < 1.29 is 0 Å². The van der Waals surface area contributed by atoms with Crippen molar-refractivity contribution in [1.82, 2.24) is 24.1 Å². The van der Waals surface area contributed by atoms with Crippen LogP contribution in [0.15, 0.2) is 36.5 Å². The van der Waals surface area contributed by atoms with Crippen molar-refractivity contribution >= 4 is 16.7 Å². The summed E-state index contributed by atoms with van der Waals surface area (Å²) in [6, 6.07) is 10.4. The summed E-state index contributed by atoms with van der Waals surface area (Å²) in [6.45, 7) is 3.99. The van der Waals surface area contributed by atoms with Crippen molar-refractivity contribution in [1.29, 1.82) is 0 Å². The maximum Gasteiger partial charge on any atom is 0.166 e. The highest BCUT2D eigenvalue weighted by Gasteiger charge is 2.15. The van der Waals surface area contributed by atoms with Gasteiger partial charge in [0.1, 0.15) is 16.9 Å². The van der Waals surface area contributed by atoms with Crippen LogP contribution in [0.3, 0.4) is 0 Å². The van der Waals surface area contributed by atoms with Crippen molar-refractivity contribution in [3.05, 3.63) is 59.3 Å². The number of rotatable bonds is 2. The monoisotopic (exact) mass is 291 g/mol. The number of aromatic nitrogens is 5. The fraction of sp³-hybridized carbons (Fsp3) is 0.235. The van der Waals surface area contributed by atoms with E-state index in [0.29, 0.717) is 0 Å². The van der Waals surface area contributed by atoms with Crippen LogP contribution in [-0.4, -0.2) is 24.1 Å². The minimum absolute atomic E-state index is 0.820. The van der Waals surface area contributed by atoms with Crippen LogP contribution in [0, 0.1) is 13.8 Å². The lowest BCUT2D eigenvalue weighted by Gasteiger charge is -2.01. The average Bonchev–Trinajstić information content (AvgIpc) is 3.02. The van der Waals surface area contributed by atoms with Gasteiger partial charge in [0.25, 0.3) is 0 Å². The van der Waals surface area contributed by atoms with E-state index in [0.717, 1.165) is 40.3 Å². The average molecular weight is 291 g/mol. The molecule has 4 rings (SSSR count). The third kappa shape index (κ3) is 1.89. The number of aryl methyl sites for hydroxylation is 3. The van der Waals surface area contributed by atoms with Gasteiger partial charge in [-0.25, -0.2) is 9.97 Å². The van der Waals surface area contributed by atoms with E-state index in [9.17, 15) is 0 Å². The summed E-state index contributed by atoms with van der Waals surface area (Å²) in [7, 11) is 1.94. The third-order valence-corrected chi connectivity index (χ3v) is 4.01. The number of benzene rings is 1. The molecule has 1 aromatic carbocycles. The molecule has 0 spiro atoms. The molecule has 110 valence electrons. The minimum Gasteiger partial charge on any atom is -0.286 e. The Labute approximate surface area is 128 Å². The SMILES string of the molecule is Cc1nn(C)c2c1nc(C)n1cc(Cc3ccccc3)nc21. The predicted molar refractivity (Wildman–Crippen MR) is 86.0 cm³/mol. The molecule has 0 radical (unpaired) electrons. The molecule has 3 heterocycles. The van der Waals surface area contributed by atoms with Crippen LogP contribution in [0.2, 0.25) is 0 Å². The van der Waals surface area contributed by atoms with Gasteiger partial charge in [0.15, 0.2) is 5.65 Å². The zero-order valence-electron chi connectivity index (χ0n) is 12.9. The Morgan fingerprint density at radius 2 is 1.82 bits per heavy atom. The second kappa shape index (κ2) is 4.66. The van der Waals surface area contributed by atoms with E-state index in [1.54, 1.807) is 0 Å². The molecule has 0 aliphatic carbocycles. The number of fused-ring (bicyclic) bond motifs is 3. The van der Waals surface area contributed by atoms with Crippen LogP contribution < -0.4 is 0 Å². The third-order valence-electron chi connectivity index (χ3n) is 4.01. The van der Waals surface area contributed by atoms with Gasteiger partial charge in [-0.05, 0) is 19.4 Å². The molecule has 5 nitrogen and oxygen atoms in total. The number of hydrogen-bond acceptors (Lipinski definition) is 3. The molecular formula is C17H17N5. The standard InChI is InChI=1S/C17H17N5/c1-11-15-16(21(3)20-11)17-19-14(10-22(17)12(2)18-15)9-13-7-5-4-6-8-13/h4-8,10H,9H2,1-3H3. The second-order valence-electron chi connectivity index (χ2n) is 5.65. The Bertz CT molecular complexity index is 979. The topological polar surface area (TPSA) is 48.0 Å². The Hall–Kier alpha value is -2.69. The lowest BCUT2D eigenvalue weighted by molar-refractivity contribution is 0.783. The molecule has 0 N–H and O–H groups in total. The molecule has 0 aliphatic rings.